The lowest BCUT2D eigenvalue weighted by molar-refractivity contribution is -0.127. The Morgan fingerprint density at radius 2 is 2.00 bits per heavy atom. The number of nitrogens with one attached hydrogen (secondary N) is 1. The van der Waals surface area contributed by atoms with Gasteiger partial charge in [-0.1, -0.05) is 12.1 Å². The van der Waals surface area contributed by atoms with Crippen LogP contribution in [-0.4, -0.2) is 35.5 Å². The van der Waals surface area contributed by atoms with Crippen molar-refractivity contribution in [1.29, 1.82) is 0 Å². The first kappa shape index (κ1) is 17.9. The van der Waals surface area contributed by atoms with Gasteiger partial charge in [0.25, 0.3) is 5.91 Å². The Kier molecular flexibility index (Phi) is 4.94. The van der Waals surface area contributed by atoms with E-state index in [-0.39, 0.29) is 17.8 Å². The van der Waals surface area contributed by atoms with Crippen LogP contribution in [0.4, 0.5) is 11.4 Å². The molecule has 0 saturated carbocycles. The van der Waals surface area contributed by atoms with Crippen LogP contribution < -0.4 is 15.0 Å². The van der Waals surface area contributed by atoms with Crippen LogP contribution in [-0.2, 0) is 9.59 Å². The standard InChI is InChI=1S/C18H15BrN2O5/c1-10-17(23)21(9-16(22)20-13-5-3-2-4-12(13)19)14-8-11(18(24)25)6-7-15(14)26-10/h2-8,10H,9H2,1H3,(H,20,22)(H,24,25). The van der Waals surface area contributed by atoms with Crippen molar-refractivity contribution < 1.29 is 24.2 Å². The number of para-hydroxylation sites is 1. The summed E-state index contributed by atoms with van der Waals surface area (Å²) in [5.41, 5.74) is 0.840. The highest BCUT2D eigenvalue weighted by atomic mass is 79.9. The summed E-state index contributed by atoms with van der Waals surface area (Å²) in [6.07, 6.45) is -0.769. The van der Waals surface area contributed by atoms with Gasteiger partial charge in [0, 0.05) is 4.47 Å². The summed E-state index contributed by atoms with van der Waals surface area (Å²) in [4.78, 5) is 37.4. The normalized spacial score (nSPS) is 15.8. The quantitative estimate of drug-likeness (QED) is 0.795. The first-order valence-electron chi connectivity index (χ1n) is 7.76. The molecule has 0 radical (unpaired) electrons. The van der Waals surface area contributed by atoms with E-state index in [1.165, 1.54) is 23.1 Å². The fourth-order valence-corrected chi connectivity index (χ4v) is 2.98. The number of aromatic carboxylic acids is 1. The second kappa shape index (κ2) is 7.17. The molecule has 134 valence electrons. The molecule has 0 aromatic heterocycles. The molecule has 1 unspecified atom stereocenters. The highest BCUT2D eigenvalue weighted by Gasteiger charge is 2.33. The number of carboxylic acids is 1. The number of amides is 2. The van der Waals surface area contributed by atoms with Crippen molar-refractivity contribution in [2.75, 3.05) is 16.8 Å². The second-order valence-electron chi connectivity index (χ2n) is 5.70. The minimum atomic E-state index is -1.13. The van der Waals surface area contributed by atoms with E-state index in [2.05, 4.69) is 21.2 Å². The van der Waals surface area contributed by atoms with Crippen molar-refractivity contribution in [3.8, 4) is 5.75 Å². The number of benzene rings is 2. The Morgan fingerprint density at radius 1 is 1.27 bits per heavy atom. The molecular weight excluding hydrogens is 404 g/mol. The molecular formula is C18H15BrN2O5. The van der Waals surface area contributed by atoms with Gasteiger partial charge in [-0.2, -0.15) is 0 Å². The highest BCUT2D eigenvalue weighted by molar-refractivity contribution is 9.10. The Bertz CT molecular complexity index is 899. The van der Waals surface area contributed by atoms with Crippen LogP contribution in [0.15, 0.2) is 46.9 Å². The Morgan fingerprint density at radius 3 is 2.69 bits per heavy atom. The monoisotopic (exact) mass is 418 g/mol. The number of rotatable bonds is 4. The molecule has 1 aliphatic heterocycles. The maximum absolute atomic E-state index is 12.5. The van der Waals surface area contributed by atoms with Crippen LogP contribution >= 0.6 is 15.9 Å². The average molecular weight is 419 g/mol. The summed E-state index contributed by atoms with van der Waals surface area (Å²) < 4.78 is 6.22. The molecule has 2 N–H and O–H groups in total. The highest BCUT2D eigenvalue weighted by Crippen LogP contribution is 2.35. The third-order valence-electron chi connectivity index (χ3n) is 3.86. The van der Waals surface area contributed by atoms with Crippen molar-refractivity contribution in [3.05, 3.63) is 52.5 Å². The number of nitrogens with zero attached hydrogens (tertiary/aromatic N) is 1. The fraction of sp³-hybridized carbons (Fsp3) is 0.167. The van der Waals surface area contributed by atoms with Crippen molar-refractivity contribution in [3.63, 3.8) is 0 Å². The van der Waals surface area contributed by atoms with Gasteiger partial charge in [0.2, 0.25) is 5.91 Å². The van der Waals surface area contributed by atoms with Gasteiger partial charge < -0.3 is 15.2 Å². The molecule has 0 fully saturated rings. The number of carbonyl (C=O) groups is 3. The third-order valence-corrected chi connectivity index (χ3v) is 4.56. The molecule has 3 rings (SSSR count). The number of carboxylic acid groups (broad SMARTS) is 1. The first-order chi connectivity index (χ1) is 12.4. The van der Waals surface area contributed by atoms with Crippen LogP contribution in [0.25, 0.3) is 0 Å². The van der Waals surface area contributed by atoms with Crippen LogP contribution in [0, 0.1) is 0 Å². The van der Waals surface area contributed by atoms with E-state index >= 15 is 0 Å². The van der Waals surface area contributed by atoms with Crippen molar-refractivity contribution in [2.45, 2.75) is 13.0 Å². The van der Waals surface area contributed by atoms with Gasteiger partial charge in [0.15, 0.2) is 6.10 Å². The zero-order chi connectivity index (χ0) is 18.8. The number of halogens is 1. The van der Waals surface area contributed by atoms with E-state index in [1.807, 2.05) is 6.07 Å². The molecule has 1 atom stereocenters. The zero-order valence-corrected chi connectivity index (χ0v) is 15.3. The topological polar surface area (TPSA) is 95.9 Å². The van der Waals surface area contributed by atoms with E-state index < -0.39 is 23.9 Å². The predicted octanol–water partition coefficient (Wildman–Crippen LogP) is 2.90. The number of hydrogen-bond acceptors (Lipinski definition) is 4. The summed E-state index contributed by atoms with van der Waals surface area (Å²) in [5, 5.41) is 11.9. The first-order valence-corrected chi connectivity index (χ1v) is 8.56. The summed E-state index contributed by atoms with van der Waals surface area (Å²) >= 11 is 3.34. The zero-order valence-electron chi connectivity index (χ0n) is 13.7. The molecule has 2 amide bonds. The van der Waals surface area contributed by atoms with Gasteiger partial charge >= 0.3 is 5.97 Å². The van der Waals surface area contributed by atoms with Gasteiger partial charge in [-0.15, -0.1) is 0 Å². The minimum Gasteiger partial charge on any atom is -0.479 e. The molecule has 0 saturated heterocycles. The number of fused-ring (bicyclic) bond motifs is 1. The van der Waals surface area contributed by atoms with Gasteiger partial charge in [-0.3, -0.25) is 14.5 Å². The molecule has 2 aromatic rings. The van der Waals surface area contributed by atoms with E-state index in [0.717, 1.165) is 0 Å². The van der Waals surface area contributed by atoms with Crippen LogP contribution in [0.1, 0.15) is 17.3 Å². The summed E-state index contributed by atoms with van der Waals surface area (Å²) in [6, 6.07) is 11.3. The molecule has 0 spiro atoms. The lowest BCUT2D eigenvalue weighted by Gasteiger charge is -2.32. The number of hydrogen-bond donors (Lipinski definition) is 2. The van der Waals surface area contributed by atoms with Crippen LogP contribution in [0.5, 0.6) is 5.75 Å². The Hall–Kier alpha value is -2.87. The molecule has 7 nitrogen and oxygen atoms in total. The summed E-state index contributed by atoms with van der Waals surface area (Å²) in [7, 11) is 0. The van der Waals surface area contributed by atoms with Gasteiger partial charge in [0.05, 0.1) is 16.9 Å². The molecule has 1 heterocycles. The lowest BCUT2D eigenvalue weighted by Crippen LogP contribution is -2.47. The Balaban J connectivity index is 1.88. The Labute approximate surface area is 157 Å². The second-order valence-corrected chi connectivity index (χ2v) is 6.55. The fourth-order valence-electron chi connectivity index (χ4n) is 2.60. The molecule has 8 heteroatoms. The smallest absolute Gasteiger partial charge is 0.335 e. The number of ether oxygens (including phenoxy) is 1. The lowest BCUT2D eigenvalue weighted by atomic mass is 10.1. The van der Waals surface area contributed by atoms with Crippen LogP contribution in [0.2, 0.25) is 0 Å². The van der Waals surface area contributed by atoms with Crippen LogP contribution in [0.3, 0.4) is 0 Å². The van der Waals surface area contributed by atoms with E-state index in [9.17, 15) is 14.4 Å². The SMILES string of the molecule is CC1Oc2ccc(C(=O)O)cc2N(CC(=O)Nc2ccccc2Br)C1=O. The molecule has 1 aliphatic rings. The van der Waals surface area contributed by atoms with Gasteiger partial charge in [-0.25, -0.2) is 4.79 Å². The predicted molar refractivity (Wildman–Crippen MR) is 98.6 cm³/mol. The van der Waals surface area contributed by atoms with Crippen molar-refractivity contribution in [2.24, 2.45) is 0 Å². The van der Waals surface area contributed by atoms with E-state index in [1.54, 1.807) is 25.1 Å². The number of carbonyl (C=O) groups excluding carboxylic acids is 2. The summed E-state index contributed by atoms with van der Waals surface area (Å²) in [5.74, 6) is -1.60. The van der Waals surface area contributed by atoms with Crippen molar-refractivity contribution >= 4 is 45.1 Å². The number of anilines is 2. The molecule has 26 heavy (non-hydrogen) atoms. The molecule has 2 aromatic carbocycles. The summed E-state index contributed by atoms with van der Waals surface area (Å²) in [6.45, 7) is 1.32. The van der Waals surface area contributed by atoms with Crippen molar-refractivity contribution in [1.82, 2.24) is 0 Å². The van der Waals surface area contributed by atoms with Gasteiger partial charge in [-0.05, 0) is 53.2 Å². The maximum atomic E-state index is 12.5. The average Bonchev–Trinajstić information content (AvgIpc) is 2.60. The van der Waals surface area contributed by atoms with Gasteiger partial charge in [0.1, 0.15) is 12.3 Å². The third kappa shape index (κ3) is 3.55. The minimum absolute atomic E-state index is 0.00548. The maximum Gasteiger partial charge on any atom is 0.335 e. The molecule has 0 bridgehead atoms. The molecule has 0 aliphatic carbocycles. The largest absolute Gasteiger partial charge is 0.479 e. The van der Waals surface area contributed by atoms with E-state index in [4.69, 9.17) is 9.84 Å². The van der Waals surface area contributed by atoms with E-state index in [0.29, 0.717) is 15.9 Å².